The second-order valence-electron chi connectivity index (χ2n) is 7.11. The number of ether oxygens (including phenoxy) is 3. The van der Waals surface area contributed by atoms with Gasteiger partial charge in [-0.1, -0.05) is 6.07 Å². The van der Waals surface area contributed by atoms with Gasteiger partial charge in [-0.25, -0.2) is 4.79 Å². The number of ketones is 1. The lowest BCUT2D eigenvalue weighted by molar-refractivity contribution is 0.0518. The predicted octanol–water partition coefficient (Wildman–Crippen LogP) is 3.18. The minimum absolute atomic E-state index is 0.229. The number of hydrogen-bond acceptors (Lipinski definition) is 6. The summed E-state index contributed by atoms with van der Waals surface area (Å²) in [7, 11) is 3.06. The third-order valence-corrected chi connectivity index (χ3v) is 5.12. The molecule has 1 aromatic heterocycles. The summed E-state index contributed by atoms with van der Waals surface area (Å²) in [6.45, 7) is 7.54. The molecule has 2 aromatic rings. The quantitative estimate of drug-likeness (QED) is 0.459. The van der Waals surface area contributed by atoms with Crippen LogP contribution in [0.3, 0.4) is 0 Å². The molecular formula is C23H30N2O6. The third-order valence-electron chi connectivity index (χ3n) is 5.12. The van der Waals surface area contributed by atoms with Gasteiger partial charge in [-0.05, 0) is 51.5 Å². The molecule has 0 radical (unpaired) electrons. The van der Waals surface area contributed by atoms with Crippen molar-refractivity contribution in [3.05, 3.63) is 52.3 Å². The summed E-state index contributed by atoms with van der Waals surface area (Å²) in [6.07, 6.45) is 0. The summed E-state index contributed by atoms with van der Waals surface area (Å²) in [5.41, 5.74) is 2.10. The normalized spacial score (nSPS) is 11.7. The van der Waals surface area contributed by atoms with E-state index in [4.69, 9.17) is 14.2 Å². The minimum Gasteiger partial charge on any atom is -0.497 e. The number of methoxy groups -OCH3 is 2. The van der Waals surface area contributed by atoms with E-state index in [1.54, 1.807) is 52.0 Å². The number of nitrogens with one attached hydrogen (secondary N) is 1. The number of carbonyl (C=O) groups excluding carboxylic acids is 3. The Morgan fingerprint density at radius 3 is 2.48 bits per heavy atom. The average molecular weight is 431 g/mol. The highest BCUT2D eigenvalue weighted by atomic mass is 16.5. The molecule has 31 heavy (non-hydrogen) atoms. The average Bonchev–Trinajstić information content (AvgIpc) is 3.07. The van der Waals surface area contributed by atoms with Crippen molar-refractivity contribution in [2.45, 2.75) is 33.7 Å². The maximum atomic E-state index is 13.4. The van der Waals surface area contributed by atoms with E-state index in [1.165, 1.54) is 19.1 Å². The van der Waals surface area contributed by atoms with E-state index in [0.717, 1.165) is 0 Å². The number of H-pyrrole nitrogens is 1. The molecule has 0 aliphatic rings. The largest absolute Gasteiger partial charge is 0.497 e. The van der Waals surface area contributed by atoms with Crippen LogP contribution < -0.4 is 4.74 Å². The van der Waals surface area contributed by atoms with Gasteiger partial charge in [0.1, 0.15) is 11.4 Å². The Bertz CT molecular complexity index is 950. The number of nitrogens with zero attached hydrogens (tertiary/aromatic N) is 1. The van der Waals surface area contributed by atoms with Gasteiger partial charge in [0.05, 0.1) is 26.4 Å². The number of carbonyl (C=O) groups is 3. The monoisotopic (exact) mass is 430 g/mol. The van der Waals surface area contributed by atoms with Gasteiger partial charge in [0, 0.05) is 30.5 Å². The van der Waals surface area contributed by atoms with Crippen LogP contribution >= 0.6 is 0 Å². The standard InChI is InChI=1S/C23H30N2O6/c1-7-31-23(28)20-14(2)19(15(3)24-20)21(26)16(4)25(11-12-29-5)22(27)17-9-8-10-18(13-17)30-6/h8-10,13,16,24H,7,11-12H2,1-6H3. The van der Waals surface area contributed by atoms with Crippen LogP contribution in [-0.4, -0.2) is 67.6 Å². The maximum Gasteiger partial charge on any atom is 0.355 e. The number of Topliss-reactive ketones (excluding diaryl/α,β-unsaturated/α-hetero) is 1. The lowest BCUT2D eigenvalue weighted by atomic mass is 9.99. The fourth-order valence-corrected chi connectivity index (χ4v) is 3.46. The van der Waals surface area contributed by atoms with Crippen LogP contribution in [0.4, 0.5) is 0 Å². The van der Waals surface area contributed by atoms with Gasteiger partial charge < -0.3 is 24.1 Å². The lowest BCUT2D eigenvalue weighted by Gasteiger charge is -2.28. The van der Waals surface area contributed by atoms with Gasteiger partial charge in [0.2, 0.25) is 0 Å². The molecule has 0 aliphatic heterocycles. The maximum absolute atomic E-state index is 13.4. The molecular weight excluding hydrogens is 400 g/mol. The van der Waals surface area contributed by atoms with Crippen molar-refractivity contribution in [1.29, 1.82) is 0 Å². The summed E-state index contributed by atoms with van der Waals surface area (Å²) in [4.78, 5) is 43.3. The van der Waals surface area contributed by atoms with Crippen LogP contribution in [0.15, 0.2) is 24.3 Å². The van der Waals surface area contributed by atoms with Crippen LogP contribution in [-0.2, 0) is 9.47 Å². The topological polar surface area (TPSA) is 97.9 Å². The van der Waals surface area contributed by atoms with Crippen LogP contribution in [0, 0.1) is 13.8 Å². The predicted molar refractivity (Wildman–Crippen MR) is 116 cm³/mol. The molecule has 0 saturated heterocycles. The number of benzene rings is 1. The second kappa shape index (κ2) is 10.8. The van der Waals surface area contributed by atoms with E-state index in [-0.39, 0.29) is 37.1 Å². The summed E-state index contributed by atoms with van der Waals surface area (Å²) < 4.78 is 15.4. The molecule has 0 aliphatic carbocycles. The molecule has 1 N–H and O–H groups in total. The minimum atomic E-state index is -0.780. The van der Waals surface area contributed by atoms with Crippen LogP contribution in [0.25, 0.3) is 0 Å². The number of aromatic nitrogens is 1. The van der Waals surface area contributed by atoms with E-state index in [1.807, 2.05) is 0 Å². The van der Waals surface area contributed by atoms with Crippen molar-refractivity contribution in [3.63, 3.8) is 0 Å². The van der Waals surface area contributed by atoms with Gasteiger partial charge in [0.15, 0.2) is 5.78 Å². The van der Waals surface area contributed by atoms with Crippen molar-refractivity contribution in [3.8, 4) is 5.75 Å². The Morgan fingerprint density at radius 2 is 1.87 bits per heavy atom. The SMILES string of the molecule is CCOC(=O)c1[nH]c(C)c(C(=O)C(C)N(CCOC)C(=O)c2cccc(OC)c2)c1C. The van der Waals surface area contributed by atoms with Crippen molar-refractivity contribution in [1.82, 2.24) is 9.88 Å². The molecule has 1 atom stereocenters. The van der Waals surface area contributed by atoms with Gasteiger partial charge in [-0.2, -0.15) is 0 Å². The van der Waals surface area contributed by atoms with Gasteiger partial charge in [-0.3, -0.25) is 9.59 Å². The Kier molecular flexibility index (Phi) is 8.38. The third kappa shape index (κ3) is 5.32. The number of aryl methyl sites for hydroxylation is 1. The summed E-state index contributed by atoms with van der Waals surface area (Å²) in [6, 6.07) is 5.99. The Labute approximate surface area is 182 Å². The molecule has 2 rings (SSSR count). The smallest absolute Gasteiger partial charge is 0.355 e. The fraction of sp³-hybridized carbons (Fsp3) is 0.435. The van der Waals surface area contributed by atoms with Crippen LogP contribution in [0.2, 0.25) is 0 Å². The zero-order valence-electron chi connectivity index (χ0n) is 18.9. The van der Waals surface area contributed by atoms with E-state index in [9.17, 15) is 14.4 Å². The number of esters is 1. The van der Waals surface area contributed by atoms with Gasteiger partial charge >= 0.3 is 5.97 Å². The van der Waals surface area contributed by atoms with Gasteiger partial charge in [-0.15, -0.1) is 0 Å². The Morgan fingerprint density at radius 1 is 1.16 bits per heavy atom. The van der Waals surface area contributed by atoms with E-state index in [2.05, 4.69) is 4.98 Å². The fourth-order valence-electron chi connectivity index (χ4n) is 3.46. The van der Waals surface area contributed by atoms with E-state index >= 15 is 0 Å². The first-order chi connectivity index (χ1) is 14.8. The number of aromatic amines is 1. The Hall–Kier alpha value is -3.13. The molecule has 8 heteroatoms. The zero-order chi connectivity index (χ0) is 23.1. The second-order valence-corrected chi connectivity index (χ2v) is 7.11. The van der Waals surface area contributed by atoms with Crippen molar-refractivity contribution in [2.24, 2.45) is 0 Å². The molecule has 168 valence electrons. The van der Waals surface area contributed by atoms with Crippen molar-refractivity contribution >= 4 is 17.7 Å². The first-order valence-corrected chi connectivity index (χ1v) is 10.1. The van der Waals surface area contributed by atoms with Crippen LogP contribution in [0.5, 0.6) is 5.75 Å². The first kappa shape index (κ1) is 24.1. The molecule has 1 aromatic carbocycles. The van der Waals surface area contributed by atoms with Crippen molar-refractivity contribution in [2.75, 3.05) is 34.0 Å². The molecule has 0 saturated carbocycles. The highest BCUT2D eigenvalue weighted by molar-refractivity contribution is 6.07. The number of rotatable bonds is 10. The molecule has 1 unspecified atom stereocenters. The molecule has 0 spiro atoms. The molecule has 0 bridgehead atoms. The highest BCUT2D eigenvalue weighted by Crippen LogP contribution is 2.23. The summed E-state index contributed by atoms with van der Waals surface area (Å²) in [5.74, 6) is -0.547. The van der Waals surface area contributed by atoms with Crippen molar-refractivity contribution < 1.29 is 28.6 Å². The number of amides is 1. The lowest BCUT2D eigenvalue weighted by Crippen LogP contribution is -2.45. The highest BCUT2D eigenvalue weighted by Gasteiger charge is 2.31. The Balaban J connectivity index is 2.39. The van der Waals surface area contributed by atoms with E-state index < -0.39 is 12.0 Å². The first-order valence-electron chi connectivity index (χ1n) is 10.1. The summed E-state index contributed by atoms with van der Waals surface area (Å²) >= 11 is 0. The molecule has 1 heterocycles. The molecule has 1 amide bonds. The zero-order valence-corrected chi connectivity index (χ0v) is 18.9. The molecule has 0 fully saturated rings. The van der Waals surface area contributed by atoms with Crippen LogP contribution in [0.1, 0.15) is 56.3 Å². The van der Waals surface area contributed by atoms with E-state index in [0.29, 0.717) is 28.1 Å². The summed E-state index contributed by atoms with van der Waals surface area (Å²) in [5, 5.41) is 0. The van der Waals surface area contributed by atoms with Gasteiger partial charge in [0.25, 0.3) is 5.91 Å². The number of hydrogen-bond donors (Lipinski definition) is 1. The molecule has 8 nitrogen and oxygen atoms in total.